The molecule has 1 fully saturated rings. The lowest BCUT2D eigenvalue weighted by molar-refractivity contribution is 0.115. The third-order valence-electron chi connectivity index (χ3n) is 2.91. The summed E-state index contributed by atoms with van der Waals surface area (Å²) in [6.45, 7) is 4.60. The monoisotopic (exact) mass is 224 g/mol. The molecule has 0 saturated carbocycles. The second-order valence-corrected chi connectivity index (χ2v) is 4.01. The van der Waals surface area contributed by atoms with Crippen molar-refractivity contribution in [2.24, 2.45) is 0 Å². The molecule has 0 bridgehead atoms. The average Bonchev–Trinajstić information content (AvgIpc) is 2.78. The largest absolute Gasteiger partial charge is 0.376 e. The van der Waals surface area contributed by atoms with E-state index >= 15 is 0 Å². The Balaban J connectivity index is 2.03. The van der Waals surface area contributed by atoms with Crippen molar-refractivity contribution in [3.05, 3.63) is 24.3 Å². The van der Waals surface area contributed by atoms with Crippen LogP contribution in [0.2, 0.25) is 0 Å². The number of hydrogen-bond acceptors (Lipinski definition) is 3. The first-order valence-corrected chi connectivity index (χ1v) is 5.77. The molecule has 1 aliphatic heterocycles. The van der Waals surface area contributed by atoms with E-state index in [2.05, 4.69) is 16.8 Å². The summed E-state index contributed by atoms with van der Waals surface area (Å²) in [4.78, 5) is 5.69. The molecule has 1 unspecified atom stereocenters. The van der Waals surface area contributed by atoms with E-state index in [1.54, 1.807) is 0 Å². The third kappa shape index (κ3) is 2.70. The van der Waals surface area contributed by atoms with Gasteiger partial charge in [0, 0.05) is 37.6 Å². The molecular formula is C12H17FN2O. The molecule has 0 N–H and O–H groups in total. The lowest BCUT2D eigenvalue weighted by Crippen LogP contribution is -2.32. The van der Waals surface area contributed by atoms with Crippen molar-refractivity contribution < 1.29 is 9.13 Å². The third-order valence-corrected chi connectivity index (χ3v) is 2.91. The Labute approximate surface area is 95.2 Å². The molecule has 1 aliphatic rings. The number of nitrogens with zero attached hydrogens (tertiary/aromatic N) is 2. The summed E-state index contributed by atoms with van der Waals surface area (Å²) < 4.78 is 18.6. The molecule has 16 heavy (non-hydrogen) atoms. The summed E-state index contributed by atoms with van der Waals surface area (Å²) in [6, 6.07) is 3.31. The molecule has 4 heteroatoms. The van der Waals surface area contributed by atoms with Crippen LogP contribution >= 0.6 is 0 Å². The minimum Gasteiger partial charge on any atom is -0.376 e. The van der Waals surface area contributed by atoms with Gasteiger partial charge in [0.1, 0.15) is 0 Å². The number of ether oxygens (including phenoxy) is 1. The van der Waals surface area contributed by atoms with E-state index in [0.29, 0.717) is 0 Å². The van der Waals surface area contributed by atoms with E-state index < -0.39 is 5.95 Å². The SMILES string of the molecule is CCN(CC1CCCO1)c1ccnc(F)c1. The van der Waals surface area contributed by atoms with Crippen LogP contribution in [-0.2, 0) is 4.74 Å². The molecular weight excluding hydrogens is 207 g/mol. The minimum absolute atomic E-state index is 0.288. The molecule has 2 heterocycles. The average molecular weight is 224 g/mol. The Morgan fingerprint density at radius 2 is 2.50 bits per heavy atom. The highest BCUT2D eigenvalue weighted by Gasteiger charge is 2.18. The number of pyridine rings is 1. The van der Waals surface area contributed by atoms with E-state index in [9.17, 15) is 4.39 Å². The first-order chi connectivity index (χ1) is 7.79. The van der Waals surface area contributed by atoms with E-state index in [1.807, 2.05) is 6.07 Å². The van der Waals surface area contributed by atoms with Gasteiger partial charge in [-0.25, -0.2) is 4.98 Å². The van der Waals surface area contributed by atoms with Crippen LogP contribution in [0.5, 0.6) is 0 Å². The maximum atomic E-state index is 13.0. The minimum atomic E-state index is -0.428. The highest BCUT2D eigenvalue weighted by atomic mass is 19.1. The summed E-state index contributed by atoms with van der Waals surface area (Å²) in [5, 5.41) is 0. The fourth-order valence-electron chi connectivity index (χ4n) is 2.04. The zero-order valence-electron chi connectivity index (χ0n) is 9.53. The second-order valence-electron chi connectivity index (χ2n) is 4.01. The van der Waals surface area contributed by atoms with Crippen molar-refractivity contribution in [1.29, 1.82) is 0 Å². The number of likely N-dealkylation sites (N-methyl/N-ethyl adjacent to an activating group) is 1. The fourth-order valence-corrected chi connectivity index (χ4v) is 2.04. The van der Waals surface area contributed by atoms with E-state index in [1.165, 1.54) is 12.3 Å². The van der Waals surface area contributed by atoms with Crippen LogP contribution < -0.4 is 4.90 Å². The number of rotatable bonds is 4. The summed E-state index contributed by atoms with van der Waals surface area (Å²) in [5.74, 6) is -0.428. The Morgan fingerprint density at radius 1 is 1.62 bits per heavy atom. The molecule has 3 nitrogen and oxygen atoms in total. The van der Waals surface area contributed by atoms with Gasteiger partial charge in [-0.05, 0) is 25.8 Å². The maximum absolute atomic E-state index is 13.0. The second kappa shape index (κ2) is 5.25. The van der Waals surface area contributed by atoms with Crippen LogP contribution in [0.1, 0.15) is 19.8 Å². The predicted molar refractivity (Wildman–Crippen MR) is 61.1 cm³/mol. The van der Waals surface area contributed by atoms with Crippen LogP contribution in [0.3, 0.4) is 0 Å². The van der Waals surface area contributed by atoms with Crippen molar-refractivity contribution in [1.82, 2.24) is 4.98 Å². The quantitative estimate of drug-likeness (QED) is 0.733. The van der Waals surface area contributed by atoms with Gasteiger partial charge >= 0.3 is 0 Å². The fraction of sp³-hybridized carbons (Fsp3) is 0.583. The van der Waals surface area contributed by atoms with Crippen LogP contribution in [-0.4, -0.2) is 30.8 Å². The molecule has 0 spiro atoms. The molecule has 1 aromatic rings. The maximum Gasteiger partial charge on any atom is 0.214 e. The first-order valence-electron chi connectivity index (χ1n) is 5.77. The highest BCUT2D eigenvalue weighted by Crippen LogP contribution is 2.18. The highest BCUT2D eigenvalue weighted by molar-refractivity contribution is 5.44. The first kappa shape index (κ1) is 11.3. The Morgan fingerprint density at radius 3 is 3.12 bits per heavy atom. The van der Waals surface area contributed by atoms with Crippen LogP contribution in [0.4, 0.5) is 10.1 Å². The van der Waals surface area contributed by atoms with Crippen LogP contribution in [0.25, 0.3) is 0 Å². The van der Waals surface area contributed by atoms with Crippen molar-refractivity contribution in [2.45, 2.75) is 25.9 Å². The summed E-state index contributed by atoms with van der Waals surface area (Å²) in [5.41, 5.74) is 0.880. The molecule has 88 valence electrons. The lowest BCUT2D eigenvalue weighted by atomic mass is 10.2. The van der Waals surface area contributed by atoms with Crippen LogP contribution in [0.15, 0.2) is 18.3 Å². The van der Waals surface area contributed by atoms with Crippen LogP contribution in [0, 0.1) is 5.95 Å². The Hall–Kier alpha value is -1.16. The van der Waals surface area contributed by atoms with E-state index in [4.69, 9.17) is 4.74 Å². The summed E-state index contributed by atoms with van der Waals surface area (Å²) in [7, 11) is 0. The molecule has 0 aromatic carbocycles. The zero-order chi connectivity index (χ0) is 11.4. The van der Waals surface area contributed by atoms with Gasteiger partial charge < -0.3 is 9.64 Å². The van der Waals surface area contributed by atoms with Crippen molar-refractivity contribution in [3.8, 4) is 0 Å². The molecule has 2 rings (SSSR count). The van der Waals surface area contributed by atoms with Gasteiger partial charge in [0.15, 0.2) is 0 Å². The predicted octanol–water partition coefficient (Wildman–Crippen LogP) is 2.23. The van der Waals surface area contributed by atoms with Gasteiger partial charge in [0.05, 0.1) is 6.10 Å². The molecule has 0 aliphatic carbocycles. The van der Waals surface area contributed by atoms with E-state index in [-0.39, 0.29) is 6.10 Å². The Bertz CT molecular complexity index is 340. The summed E-state index contributed by atoms with van der Waals surface area (Å²) >= 11 is 0. The van der Waals surface area contributed by atoms with Gasteiger partial charge in [0.25, 0.3) is 0 Å². The van der Waals surface area contributed by atoms with Gasteiger partial charge in [-0.15, -0.1) is 0 Å². The topological polar surface area (TPSA) is 25.4 Å². The lowest BCUT2D eigenvalue weighted by Gasteiger charge is -2.25. The molecule has 1 atom stereocenters. The van der Waals surface area contributed by atoms with Crippen molar-refractivity contribution >= 4 is 5.69 Å². The van der Waals surface area contributed by atoms with E-state index in [0.717, 1.165) is 38.2 Å². The number of hydrogen-bond donors (Lipinski definition) is 0. The van der Waals surface area contributed by atoms with Gasteiger partial charge in [-0.3, -0.25) is 0 Å². The Kier molecular flexibility index (Phi) is 3.72. The zero-order valence-corrected chi connectivity index (χ0v) is 9.53. The number of aromatic nitrogens is 1. The van der Waals surface area contributed by atoms with Gasteiger partial charge in [0.2, 0.25) is 5.95 Å². The molecule has 1 saturated heterocycles. The normalized spacial score (nSPS) is 20.0. The van der Waals surface area contributed by atoms with Gasteiger partial charge in [-0.1, -0.05) is 0 Å². The molecule has 1 aromatic heterocycles. The smallest absolute Gasteiger partial charge is 0.214 e. The number of halogens is 1. The standard InChI is InChI=1S/C12H17FN2O/c1-2-15(9-11-4-3-7-16-11)10-5-6-14-12(13)8-10/h5-6,8,11H,2-4,7,9H2,1H3. The van der Waals surface area contributed by atoms with Gasteiger partial charge in [-0.2, -0.15) is 4.39 Å². The molecule has 0 amide bonds. The molecule has 0 radical (unpaired) electrons. The summed E-state index contributed by atoms with van der Waals surface area (Å²) in [6.07, 6.45) is 4.02. The van der Waals surface area contributed by atoms with Crippen molar-refractivity contribution in [3.63, 3.8) is 0 Å². The van der Waals surface area contributed by atoms with Crippen molar-refractivity contribution in [2.75, 3.05) is 24.6 Å². The number of anilines is 1.